The van der Waals surface area contributed by atoms with Gasteiger partial charge in [-0.25, -0.2) is 0 Å². The minimum atomic E-state index is -4.72. The normalized spacial score (nSPS) is 12.1. The summed E-state index contributed by atoms with van der Waals surface area (Å²) in [5, 5.41) is 0.795. The van der Waals surface area contributed by atoms with Crippen molar-refractivity contribution < 1.29 is 27.3 Å². The second kappa shape index (κ2) is 29.3. The van der Waals surface area contributed by atoms with Crippen molar-refractivity contribution in [2.75, 3.05) is 13.2 Å². The van der Waals surface area contributed by atoms with E-state index in [4.69, 9.17) is 4.74 Å². The zero-order valence-electron chi connectivity index (χ0n) is 25.7. The van der Waals surface area contributed by atoms with Crippen molar-refractivity contribution in [3.05, 3.63) is 0 Å². The van der Waals surface area contributed by atoms with E-state index in [1.54, 1.807) is 0 Å². The molecule has 7 nitrogen and oxygen atoms in total. The molecule has 227 valence electrons. The van der Waals surface area contributed by atoms with Gasteiger partial charge in [-0.2, -0.15) is 8.42 Å². The molecule has 1 radical (unpaired) electrons. The fourth-order valence-corrected chi connectivity index (χ4v) is 5.27. The predicted octanol–water partition coefficient (Wildman–Crippen LogP) is 7.53. The number of carbonyl (C=O) groups excluding carboxylic acids is 2. The maximum Gasteiger partial charge on any atom is 0.327 e. The van der Waals surface area contributed by atoms with Gasteiger partial charge in [-0.05, 0) is 12.8 Å². The van der Waals surface area contributed by atoms with Gasteiger partial charge in [0.05, 0.1) is 13.0 Å². The van der Waals surface area contributed by atoms with Crippen LogP contribution in [0.2, 0.25) is 0 Å². The van der Waals surface area contributed by atoms with Crippen LogP contribution < -0.4 is 5.32 Å². The van der Waals surface area contributed by atoms with Gasteiger partial charge in [0.25, 0.3) is 10.1 Å². The number of unbranched alkanes of at least 4 members (excludes halogenated alkanes) is 20. The van der Waals surface area contributed by atoms with Crippen molar-refractivity contribution in [2.24, 2.45) is 0 Å². The molecule has 0 aromatic carbocycles. The maximum atomic E-state index is 12.2. The molecule has 0 aromatic rings. The zero-order chi connectivity index (χ0) is 28.3. The summed E-state index contributed by atoms with van der Waals surface area (Å²) in [5.74, 6) is -1.62. The molecule has 0 saturated heterocycles. The number of hydrogen-bond donors (Lipinski definition) is 2. The quantitative estimate of drug-likeness (QED) is 0.0426. The Labute approximate surface area is 262 Å². The predicted molar refractivity (Wildman–Crippen MR) is 163 cm³/mol. The molecule has 9 heteroatoms. The van der Waals surface area contributed by atoms with Gasteiger partial charge in [-0.3, -0.25) is 14.1 Å². The Hall–Kier alpha value is -0.150. The topological polar surface area (TPSA) is 110 Å². The Morgan fingerprint density at radius 1 is 0.641 bits per heavy atom. The first-order chi connectivity index (χ1) is 18.3. The van der Waals surface area contributed by atoms with Crippen molar-refractivity contribution in [1.82, 2.24) is 5.32 Å². The number of rotatable bonds is 28. The van der Waals surface area contributed by atoms with E-state index in [0.717, 1.165) is 38.5 Å². The summed E-state index contributed by atoms with van der Waals surface area (Å²) in [6, 6.07) is 0. The third-order valence-electron chi connectivity index (χ3n) is 7.09. The van der Waals surface area contributed by atoms with Gasteiger partial charge >= 0.3 is 5.97 Å². The van der Waals surface area contributed by atoms with Crippen LogP contribution in [0.25, 0.3) is 0 Å². The molecule has 0 spiro atoms. The van der Waals surface area contributed by atoms with Crippen LogP contribution in [0.4, 0.5) is 0 Å². The average molecular weight is 585 g/mol. The Morgan fingerprint density at radius 3 is 1.38 bits per heavy atom. The molecule has 0 aliphatic rings. The molecule has 2 N–H and O–H groups in total. The van der Waals surface area contributed by atoms with Crippen LogP contribution >= 0.6 is 0 Å². The molecule has 0 aliphatic carbocycles. The van der Waals surface area contributed by atoms with Gasteiger partial charge < -0.3 is 10.1 Å². The monoisotopic (exact) mass is 584 g/mol. The van der Waals surface area contributed by atoms with E-state index in [0.29, 0.717) is 13.0 Å². The van der Waals surface area contributed by atoms with Crippen molar-refractivity contribution in [2.45, 2.75) is 167 Å². The van der Waals surface area contributed by atoms with Crippen molar-refractivity contribution >= 4 is 51.6 Å². The smallest absolute Gasteiger partial charge is 0.327 e. The van der Waals surface area contributed by atoms with Crippen LogP contribution in [0, 0.1) is 0 Å². The summed E-state index contributed by atoms with van der Waals surface area (Å²) >= 11 is 0. The molecule has 0 aromatic heterocycles. The first kappa shape index (κ1) is 41.0. The van der Waals surface area contributed by atoms with Gasteiger partial charge in [0, 0.05) is 36.1 Å². The minimum absolute atomic E-state index is 0. The average Bonchev–Trinajstić information content (AvgIpc) is 2.87. The van der Waals surface area contributed by atoms with E-state index >= 15 is 0 Å². The van der Waals surface area contributed by atoms with Crippen LogP contribution in [0.3, 0.4) is 0 Å². The molecule has 39 heavy (non-hydrogen) atoms. The second-order valence-corrected chi connectivity index (χ2v) is 12.4. The van der Waals surface area contributed by atoms with E-state index < -0.39 is 33.7 Å². The van der Waals surface area contributed by atoms with Gasteiger partial charge in [-0.15, -0.1) is 0 Å². The number of carbonyl (C=O) groups is 2. The SMILES string of the molecule is CCCCCCCCCCCCCNC(=O)CC(C(=O)OCCCCCCCCCCCCC)S(=O)(=O)O.[Na]. The minimum Gasteiger partial charge on any atom is -0.465 e. The summed E-state index contributed by atoms with van der Waals surface area (Å²) in [4.78, 5) is 24.4. The van der Waals surface area contributed by atoms with E-state index in [2.05, 4.69) is 19.2 Å². The van der Waals surface area contributed by atoms with Gasteiger partial charge in [0.1, 0.15) is 0 Å². The number of esters is 1. The Kier molecular flexibility index (Phi) is 30.8. The molecule has 0 fully saturated rings. The molecule has 1 amide bonds. The number of nitrogens with one attached hydrogen (secondary N) is 1. The van der Waals surface area contributed by atoms with Crippen LogP contribution in [-0.4, -0.2) is 72.8 Å². The molecular weight excluding hydrogens is 525 g/mol. The Bertz CT molecular complexity index is 674. The number of hydrogen-bond acceptors (Lipinski definition) is 5. The van der Waals surface area contributed by atoms with E-state index in [1.165, 1.54) is 96.3 Å². The molecule has 0 rings (SSSR count). The Balaban J connectivity index is 0. The third-order valence-corrected chi connectivity index (χ3v) is 8.17. The largest absolute Gasteiger partial charge is 0.465 e. The third kappa shape index (κ3) is 27.8. The van der Waals surface area contributed by atoms with Gasteiger partial charge in [-0.1, -0.05) is 142 Å². The van der Waals surface area contributed by atoms with Gasteiger partial charge in [0.2, 0.25) is 5.91 Å². The van der Waals surface area contributed by atoms with Crippen molar-refractivity contribution in [1.29, 1.82) is 0 Å². The van der Waals surface area contributed by atoms with Crippen molar-refractivity contribution in [3.8, 4) is 0 Å². The van der Waals surface area contributed by atoms with Crippen LogP contribution in [0.5, 0.6) is 0 Å². The summed E-state index contributed by atoms with van der Waals surface area (Å²) in [7, 11) is -4.72. The fraction of sp³-hybridized carbons (Fsp3) is 0.933. The molecular formula is C30H59NNaO6S. The summed E-state index contributed by atoms with van der Waals surface area (Å²) in [6.07, 6.45) is 25.4. The van der Waals surface area contributed by atoms with Gasteiger partial charge in [0.15, 0.2) is 5.25 Å². The Morgan fingerprint density at radius 2 is 1.00 bits per heavy atom. The standard InChI is InChI=1S/C30H59NO6S.Na/c1-3-5-7-9-11-13-15-17-19-21-23-25-31-29(32)27-28(38(34,35)36)30(33)37-26-24-22-20-18-16-14-12-10-8-6-4-2;/h28H,3-27H2,1-2H3,(H,31,32)(H,34,35,36);. The first-order valence-electron chi connectivity index (χ1n) is 15.7. The van der Waals surface area contributed by atoms with E-state index in [9.17, 15) is 22.6 Å². The van der Waals surface area contributed by atoms with Crippen molar-refractivity contribution in [3.63, 3.8) is 0 Å². The molecule has 0 bridgehead atoms. The van der Waals surface area contributed by atoms with Crippen LogP contribution in [-0.2, 0) is 24.4 Å². The molecule has 0 aliphatic heterocycles. The number of ether oxygens (including phenoxy) is 1. The molecule has 0 saturated carbocycles. The van der Waals surface area contributed by atoms with Crippen LogP contribution in [0.1, 0.15) is 162 Å². The van der Waals surface area contributed by atoms with E-state index in [-0.39, 0.29) is 36.2 Å². The summed E-state index contributed by atoms with van der Waals surface area (Å²) in [5.41, 5.74) is 0. The van der Waals surface area contributed by atoms with E-state index in [1.807, 2.05) is 0 Å². The first-order valence-corrected chi connectivity index (χ1v) is 17.2. The fourth-order valence-electron chi connectivity index (χ4n) is 4.60. The number of amides is 1. The summed E-state index contributed by atoms with van der Waals surface area (Å²) in [6.45, 7) is 4.98. The molecule has 1 atom stereocenters. The molecule has 0 heterocycles. The van der Waals surface area contributed by atoms with Crippen LogP contribution in [0.15, 0.2) is 0 Å². The maximum absolute atomic E-state index is 12.2. The second-order valence-electron chi connectivity index (χ2n) is 10.8. The zero-order valence-corrected chi connectivity index (χ0v) is 28.5. The summed E-state index contributed by atoms with van der Waals surface area (Å²) < 4.78 is 37.9. The molecule has 1 unspecified atom stereocenters.